The van der Waals surface area contributed by atoms with Crippen molar-refractivity contribution in [2.75, 3.05) is 0 Å². The van der Waals surface area contributed by atoms with Crippen LogP contribution in [0.25, 0.3) is 6.08 Å². The molecule has 21 heavy (non-hydrogen) atoms. The number of carbonyl (C=O) groups is 2. The quantitative estimate of drug-likeness (QED) is 0.592. The Morgan fingerprint density at radius 3 is 2.24 bits per heavy atom. The van der Waals surface area contributed by atoms with E-state index in [1.54, 1.807) is 0 Å². The summed E-state index contributed by atoms with van der Waals surface area (Å²) in [6.45, 7) is 0. The molecular weight excluding hydrogens is 272 g/mol. The summed E-state index contributed by atoms with van der Waals surface area (Å²) in [5, 5.41) is 27.8. The average Bonchev–Trinajstić information content (AvgIpc) is 2.46. The van der Waals surface area contributed by atoms with Crippen LogP contribution >= 0.6 is 0 Å². The van der Waals surface area contributed by atoms with Crippen LogP contribution in [0.1, 0.15) is 26.3 Å². The molecular formula is C16H12O5. The topological polar surface area (TPSA) is 94.8 Å². The summed E-state index contributed by atoms with van der Waals surface area (Å²) in [6, 6.07) is 9.98. The average molecular weight is 284 g/mol. The Labute approximate surface area is 120 Å². The van der Waals surface area contributed by atoms with Crippen LogP contribution in [-0.2, 0) is 0 Å². The monoisotopic (exact) mass is 284 g/mol. The number of carboxylic acids is 1. The summed E-state index contributed by atoms with van der Waals surface area (Å²) in [5.41, 5.74) is 0.384. The van der Waals surface area contributed by atoms with Crippen molar-refractivity contribution in [3.8, 4) is 11.5 Å². The van der Waals surface area contributed by atoms with Crippen molar-refractivity contribution in [3.63, 3.8) is 0 Å². The fourth-order valence-corrected chi connectivity index (χ4v) is 1.76. The van der Waals surface area contributed by atoms with E-state index in [-0.39, 0.29) is 28.4 Å². The van der Waals surface area contributed by atoms with Crippen LogP contribution < -0.4 is 0 Å². The van der Waals surface area contributed by atoms with Gasteiger partial charge in [-0.1, -0.05) is 12.1 Å². The number of benzene rings is 2. The molecule has 0 aliphatic heterocycles. The third kappa shape index (κ3) is 3.27. The molecule has 0 aromatic heterocycles. The van der Waals surface area contributed by atoms with Gasteiger partial charge >= 0.3 is 5.97 Å². The Morgan fingerprint density at radius 1 is 0.952 bits per heavy atom. The van der Waals surface area contributed by atoms with Crippen LogP contribution in [-0.4, -0.2) is 27.1 Å². The summed E-state index contributed by atoms with van der Waals surface area (Å²) in [6.07, 6.45) is 2.57. The molecule has 0 aliphatic rings. The molecule has 106 valence electrons. The zero-order valence-corrected chi connectivity index (χ0v) is 10.9. The molecule has 0 unspecified atom stereocenters. The van der Waals surface area contributed by atoms with Gasteiger partial charge in [0.25, 0.3) is 0 Å². The molecule has 0 atom stereocenters. The summed E-state index contributed by atoms with van der Waals surface area (Å²) < 4.78 is 0. The van der Waals surface area contributed by atoms with Crippen molar-refractivity contribution in [3.05, 3.63) is 65.2 Å². The number of hydrogen-bond acceptors (Lipinski definition) is 4. The van der Waals surface area contributed by atoms with Crippen LogP contribution in [0.2, 0.25) is 0 Å². The fourth-order valence-electron chi connectivity index (χ4n) is 1.76. The highest BCUT2D eigenvalue weighted by molar-refractivity contribution is 6.07. The lowest BCUT2D eigenvalue weighted by molar-refractivity contribution is 0.0693. The number of rotatable bonds is 4. The molecule has 0 fully saturated rings. The smallest absolute Gasteiger partial charge is 0.339 e. The largest absolute Gasteiger partial charge is 0.508 e. The van der Waals surface area contributed by atoms with E-state index in [0.717, 1.165) is 0 Å². The Balaban J connectivity index is 2.25. The first kappa shape index (κ1) is 14.3. The highest BCUT2D eigenvalue weighted by Crippen LogP contribution is 2.24. The van der Waals surface area contributed by atoms with Crippen molar-refractivity contribution < 1.29 is 24.9 Å². The Morgan fingerprint density at radius 2 is 1.62 bits per heavy atom. The maximum atomic E-state index is 11.9. The summed E-state index contributed by atoms with van der Waals surface area (Å²) in [4.78, 5) is 22.8. The molecule has 0 spiro atoms. The highest BCUT2D eigenvalue weighted by atomic mass is 16.4. The van der Waals surface area contributed by atoms with Crippen LogP contribution in [0.15, 0.2) is 48.5 Å². The molecule has 5 heteroatoms. The first-order chi connectivity index (χ1) is 9.99. The summed E-state index contributed by atoms with van der Waals surface area (Å²) in [7, 11) is 0. The number of carboxylic acid groups (broad SMARTS) is 1. The molecule has 0 bridgehead atoms. The normalized spacial score (nSPS) is 10.7. The molecule has 2 aromatic rings. The van der Waals surface area contributed by atoms with Crippen LogP contribution in [0.5, 0.6) is 11.5 Å². The number of phenolic OH excluding ortho intramolecular Hbond substituents is 1. The molecule has 2 aromatic carbocycles. The lowest BCUT2D eigenvalue weighted by atomic mass is 10.1. The van der Waals surface area contributed by atoms with Gasteiger partial charge in [0.1, 0.15) is 17.1 Å². The lowest BCUT2D eigenvalue weighted by Gasteiger charge is -2.02. The van der Waals surface area contributed by atoms with Gasteiger partial charge in [-0.15, -0.1) is 0 Å². The minimum atomic E-state index is -1.24. The molecule has 2 rings (SSSR count). The standard InChI is InChI=1S/C16H12O5/c17-12-7-4-10(5-8-12)14(18)9-6-11-2-1-3-13(15(11)19)16(20)21/h1-9,17,19H,(H,20,21). The number of hydrogen-bond donors (Lipinski definition) is 3. The fraction of sp³-hybridized carbons (Fsp3) is 0. The van der Waals surface area contributed by atoms with E-state index in [0.29, 0.717) is 5.56 Å². The zero-order valence-electron chi connectivity index (χ0n) is 10.9. The second-order valence-electron chi connectivity index (χ2n) is 4.29. The minimum absolute atomic E-state index is 0.0577. The molecule has 0 aliphatic carbocycles. The highest BCUT2D eigenvalue weighted by Gasteiger charge is 2.11. The number of ketones is 1. The van der Waals surface area contributed by atoms with E-state index in [1.807, 2.05) is 0 Å². The molecule has 0 saturated carbocycles. The predicted octanol–water partition coefficient (Wildman–Crippen LogP) is 2.69. The van der Waals surface area contributed by atoms with Crippen molar-refractivity contribution >= 4 is 17.8 Å². The molecule has 0 saturated heterocycles. The van der Waals surface area contributed by atoms with Gasteiger partial charge in [-0.05, 0) is 42.5 Å². The first-order valence-corrected chi connectivity index (χ1v) is 6.06. The van der Waals surface area contributed by atoms with Crippen molar-refractivity contribution in [2.24, 2.45) is 0 Å². The van der Waals surface area contributed by atoms with Gasteiger partial charge in [-0.25, -0.2) is 4.79 Å². The lowest BCUT2D eigenvalue weighted by Crippen LogP contribution is -1.97. The second-order valence-corrected chi connectivity index (χ2v) is 4.29. The van der Waals surface area contributed by atoms with Crippen molar-refractivity contribution in [2.45, 2.75) is 0 Å². The minimum Gasteiger partial charge on any atom is -0.508 e. The van der Waals surface area contributed by atoms with E-state index >= 15 is 0 Å². The van der Waals surface area contributed by atoms with Crippen LogP contribution in [0.4, 0.5) is 0 Å². The SMILES string of the molecule is O=C(C=Cc1cccc(C(=O)O)c1O)c1ccc(O)cc1. The molecule has 0 heterocycles. The molecule has 5 nitrogen and oxygen atoms in total. The number of carbonyl (C=O) groups excluding carboxylic acids is 1. The van der Waals surface area contributed by atoms with Gasteiger partial charge in [-0.3, -0.25) is 4.79 Å². The van der Waals surface area contributed by atoms with Gasteiger partial charge in [0.2, 0.25) is 0 Å². The van der Waals surface area contributed by atoms with Gasteiger partial charge < -0.3 is 15.3 Å². The molecule has 0 radical (unpaired) electrons. The van der Waals surface area contributed by atoms with Crippen molar-refractivity contribution in [1.29, 1.82) is 0 Å². The van der Waals surface area contributed by atoms with Gasteiger partial charge in [0.05, 0.1) is 0 Å². The summed E-state index contributed by atoms with van der Waals surface area (Å²) in [5.74, 6) is -1.90. The number of aromatic hydroxyl groups is 2. The van der Waals surface area contributed by atoms with E-state index in [4.69, 9.17) is 10.2 Å². The predicted molar refractivity (Wildman–Crippen MR) is 76.5 cm³/mol. The maximum absolute atomic E-state index is 11.9. The van der Waals surface area contributed by atoms with Crippen LogP contribution in [0.3, 0.4) is 0 Å². The maximum Gasteiger partial charge on any atom is 0.339 e. The first-order valence-electron chi connectivity index (χ1n) is 6.06. The number of para-hydroxylation sites is 1. The summed E-state index contributed by atoms with van der Waals surface area (Å²) >= 11 is 0. The van der Waals surface area contributed by atoms with Crippen molar-refractivity contribution in [1.82, 2.24) is 0 Å². The second kappa shape index (κ2) is 5.92. The van der Waals surface area contributed by atoms with E-state index in [9.17, 15) is 14.7 Å². The number of phenols is 2. The van der Waals surface area contributed by atoms with E-state index < -0.39 is 5.97 Å². The third-order valence-electron chi connectivity index (χ3n) is 2.86. The van der Waals surface area contributed by atoms with Gasteiger partial charge in [0.15, 0.2) is 5.78 Å². The van der Waals surface area contributed by atoms with E-state index in [1.165, 1.54) is 54.6 Å². The van der Waals surface area contributed by atoms with Crippen LogP contribution in [0, 0.1) is 0 Å². The zero-order chi connectivity index (χ0) is 15.4. The Kier molecular flexibility index (Phi) is 4.04. The number of allylic oxidation sites excluding steroid dienone is 1. The third-order valence-corrected chi connectivity index (χ3v) is 2.86. The Bertz CT molecular complexity index is 714. The van der Waals surface area contributed by atoms with Gasteiger partial charge in [-0.2, -0.15) is 0 Å². The molecule has 3 N–H and O–H groups in total. The number of aromatic carboxylic acids is 1. The van der Waals surface area contributed by atoms with E-state index in [2.05, 4.69) is 0 Å². The Hall–Kier alpha value is -3.08. The molecule has 0 amide bonds. The van der Waals surface area contributed by atoms with Gasteiger partial charge in [0, 0.05) is 11.1 Å².